The van der Waals surface area contributed by atoms with Gasteiger partial charge in [-0.2, -0.15) is 0 Å². The first-order valence-electron chi connectivity index (χ1n) is 7.63. The van der Waals surface area contributed by atoms with Crippen LogP contribution in [0.1, 0.15) is 48.9 Å². The van der Waals surface area contributed by atoms with Crippen molar-refractivity contribution in [2.45, 2.75) is 38.5 Å². The number of hydrogen-bond donors (Lipinski definition) is 0. The Bertz CT molecular complexity index is 575. The first-order chi connectivity index (χ1) is 10.2. The van der Waals surface area contributed by atoms with E-state index in [0.29, 0.717) is 23.6 Å². The Morgan fingerprint density at radius 1 is 1.10 bits per heavy atom. The molecular weight excluding hydrogens is 266 g/mol. The Morgan fingerprint density at radius 3 is 2.57 bits per heavy atom. The van der Waals surface area contributed by atoms with Crippen LogP contribution in [0.2, 0.25) is 0 Å². The van der Waals surface area contributed by atoms with E-state index in [1.807, 2.05) is 0 Å². The van der Waals surface area contributed by atoms with Crippen molar-refractivity contribution >= 4 is 23.8 Å². The third-order valence-electron chi connectivity index (χ3n) is 4.66. The molecule has 1 aliphatic carbocycles. The summed E-state index contributed by atoms with van der Waals surface area (Å²) in [4.78, 5) is 37.0. The zero-order valence-electron chi connectivity index (χ0n) is 12.0. The van der Waals surface area contributed by atoms with Gasteiger partial charge in [-0.3, -0.25) is 19.3 Å². The van der Waals surface area contributed by atoms with Crippen molar-refractivity contribution < 1.29 is 14.4 Å². The molecule has 0 N–H and O–H groups in total. The maximum atomic E-state index is 12.6. The van der Waals surface area contributed by atoms with Gasteiger partial charge in [-0.15, -0.1) is 0 Å². The van der Waals surface area contributed by atoms with Crippen LogP contribution < -0.4 is 4.90 Å². The first-order valence-corrected chi connectivity index (χ1v) is 7.63. The van der Waals surface area contributed by atoms with Crippen LogP contribution >= 0.6 is 0 Å². The third kappa shape index (κ3) is 2.62. The Balaban J connectivity index is 1.84. The number of imide groups is 1. The van der Waals surface area contributed by atoms with E-state index in [9.17, 15) is 14.4 Å². The highest BCUT2D eigenvalue weighted by atomic mass is 16.2. The van der Waals surface area contributed by atoms with E-state index in [1.54, 1.807) is 24.3 Å². The van der Waals surface area contributed by atoms with Crippen LogP contribution in [-0.2, 0) is 9.59 Å². The lowest BCUT2D eigenvalue weighted by Crippen LogP contribution is -2.32. The molecule has 4 heteroatoms. The lowest BCUT2D eigenvalue weighted by atomic mass is 9.79. The minimum absolute atomic E-state index is 0.0880. The number of benzene rings is 1. The summed E-state index contributed by atoms with van der Waals surface area (Å²) in [5.41, 5.74) is 1.00. The summed E-state index contributed by atoms with van der Waals surface area (Å²) < 4.78 is 0. The largest absolute Gasteiger partial charge is 0.298 e. The fraction of sp³-hybridized carbons (Fsp3) is 0.471. The topological polar surface area (TPSA) is 54.5 Å². The van der Waals surface area contributed by atoms with E-state index in [0.717, 1.165) is 32.0 Å². The van der Waals surface area contributed by atoms with Crippen LogP contribution in [0.25, 0.3) is 0 Å². The lowest BCUT2D eigenvalue weighted by Gasteiger charge is -2.25. The summed E-state index contributed by atoms with van der Waals surface area (Å²) in [6.45, 7) is 0. The molecule has 3 rings (SSSR count). The highest BCUT2D eigenvalue weighted by molar-refractivity contribution is 6.21. The average Bonchev–Trinajstić information content (AvgIpc) is 2.83. The molecule has 1 unspecified atom stereocenters. The molecule has 0 bridgehead atoms. The van der Waals surface area contributed by atoms with E-state index in [4.69, 9.17) is 0 Å². The predicted molar refractivity (Wildman–Crippen MR) is 79.0 cm³/mol. The zero-order valence-corrected chi connectivity index (χ0v) is 12.0. The SMILES string of the molecule is O=Cc1cccc(N2C(=O)CC(C3CCCCC3)C2=O)c1. The molecule has 1 aromatic rings. The molecule has 2 fully saturated rings. The van der Waals surface area contributed by atoms with Gasteiger partial charge in [0.2, 0.25) is 11.8 Å². The Kier molecular flexibility index (Phi) is 3.86. The van der Waals surface area contributed by atoms with E-state index in [-0.39, 0.29) is 17.7 Å². The molecule has 1 aromatic carbocycles. The Morgan fingerprint density at radius 2 is 1.86 bits per heavy atom. The standard InChI is InChI=1S/C17H19NO3/c19-11-12-5-4-8-14(9-12)18-16(20)10-15(17(18)21)13-6-2-1-3-7-13/h4-5,8-9,11,13,15H,1-3,6-7,10H2. The van der Waals surface area contributed by atoms with E-state index >= 15 is 0 Å². The smallest absolute Gasteiger partial charge is 0.237 e. The zero-order chi connectivity index (χ0) is 14.8. The van der Waals surface area contributed by atoms with Gasteiger partial charge in [0.1, 0.15) is 6.29 Å². The van der Waals surface area contributed by atoms with Crippen LogP contribution in [0, 0.1) is 11.8 Å². The van der Waals surface area contributed by atoms with Gasteiger partial charge in [-0.1, -0.05) is 31.4 Å². The molecule has 1 heterocycles. The van der Waals surface area contributed by atoms with Crippen molar-refractivity contribution in [3.8, 4) is 0 Å². The number of aldehydes is 1. The molecule has 110 valence electrons. The summed E-state index contributed by atoms with van der Waals surface area (Å²) >= 11 is 0. The molecule has 1 saturated heterocycles. The fourth-order valence-electron chi connectivity index (χ4n) is 3.57. The van der Waals surface area contributed by atoms with Crippen LogP contribution in [0.15, 0.2) is 24.3 Å². The van der Waals surface area contributed by atoms with Gasteiger partial charge in [0.25, 0.3) is 0 Å². The second-order valence-corrected chi connectivity index (χ2v) is 5.99. The number of carbonyl (C=O) groups excluding carboxylic acids is 3. The summed E-state index contributed by atoms with van der Waals surface area (Å²) in [5.74, 6) is -0.0549. The molecular formula is C17H19NO3. The van der Waals surface area contributed by atoms with E-state index < -0.39 is 0 Å². The summed E-state index contributed by atoms with van der Waals surface area (Å²) in [6, 6.07) is 6.69. The van der Waals surface area contributed by atoms with Crippen LogP contribution in [0.5, 0.6) is 0 Å². The van der Waals surface area contributed by atoms with Crippen molar-refractivity contribution in [1.82, 2.24) is 0 Å². The van der Waals surface area contributed by atoms with Crippen molar-refractivity contribution in [2.75, 3.05) is 4.90 Å². The van der Waals surface area contributed by atoms with E-state index in [1.165, 1.54) is 11.3 Å². The molecule has 2 amide bonds. The monoisotopic (exact) mass is 285 g/mol. The fourth-order valence-corrected chi connectivity index (χ4v) is 3.57. The minimum Gasteiger partial charge on any atom is -0.298 e. The van der Waals surface area contributed by atoms with Gasteiger partial charge >= 0.3 is 0 Å². The van der Waals surface area contributed by atoms with Crippen LogP contribution in [0.4, 0.5) is 5.69 Å². The summed E-state index contributed by atoms with van der Waals surface area (Å²) in [7, 11) is 0. The van der Waals surface area contributed by atoms with Gasteiger partial charge < -0.3 is 0 Å². The number of anilines is 1. The van der Waals surface area contributed by atoms with Crippen molar-refractivity contribution in [3.63, 3.8) is 0 Å². The first kappa shape index (κ1) is 14.0. The quantitative estimate of drug-likeness (QED) is 0.633. The maximum Gasteiger partial charge on any atom is 0.237 e. The molecule has 0 spiro atoms. The van der Waals surface area contributed by atoms with Crippen molar-refractivity contribution in [3.05, 3.63) is 29.8 Å². The molecule has 2 aliphatic rings. The van der Waals surface area contributed by atoms with Crippen LogP contribution in [-0.4, -0.2) is 18.1 Å². The van der Waals surface area contributed by atoms with Gasteiger partial charge in [0.05, 0.1) is 11.6 Å². The second-order valence-electron chi connectivity index (χ2n) is 5.99. The van der Waals surface area contributed by atoms with Gasteiger partial charge in [-0.05, 0) is 30.9 Å². The van der Waals surface area contributed by atoms with Crippen molar-refractivity contribution in [2.24, 2.45) is 11.8 Å². The van der Waals surface area contributed by atoms with Gasteiger partial charge in [0.15, 0.2) is 0 Å². The van der Waals surface area contributed by atoms with E-state index in [2.05, 4.69) is 0 Å². The van der Waals surface area contributed by atoms with Crippen molar-refractivity contribution in [1.29, 1.82) is 0 Å². The van der Waals surface area contributed by atoms with Gasteiger partial charge in [0, 0.05) is 12.0 Å². The molecule has 0 aromatic heterocycles. The third-order valence-corrected chi connectivity index (χ3v) is 4.66. The number of amides is 2. The molecule has 4 nitrogen and oxygen atoms in total. The number of carbonyl (C=O) groups is 3. The minimum atomic E-state index is -0.169. The number of nitrogens with zero attached hydrogens (tertiary/aromatic N) is 1. The number of rotatable bonds is 3. The molecule has 1 aliphatic heterocycles. The lowest BCUT2D eigenvalue weighted by molar-refractivity contribution is -0.123. The van der Waals surface area contributed by atoms with Gasteiger partial charge in [-0.25, -0.2) is 0 Å². The normalized spacial score (nSPS) is 23.6. The highest BCUT2D eigenvalue weighted by Crippen LogP contribution is 2.38. The Hall–Kier alpha value is -1.97. The molecule has 21 heavy (non-hydrogen) atoms. The van der Waals surface area contributed by atoms with Crippen LogP contribution in [0.3, 0.4) is 0 Å². The summed E-state index contributed by atoms with van der Waals surface area (Å²) in [5, 5.41) is 0. The molecule has 1 atom stereocenters. The second kappa shape index (κ2) is 5.80. The highest BCUT2D eigenvalue weighted by Gasteiger charge is 2.43. The molecule has 1 saturated carbocycles. The Labute approximate surface area is 124 Å². The summed E-state index contributed by atoms with van der Waals surface area (Å²) in [6.07, 6.45) is 6.68. The average molecular weight is 285 g/mol. The molecule has 0 radical (unpaired) electrons. The predicted octanol–water partition coefficient (Wildman–Crippen LogP) is 2.96. The maximum absolute atomic E-state index is 12.6. The number of hydrogen-bond acceptors (Lipinski definition) is 3.